The van der Waals surface area contributed by atoms with E-state index in [9.17, 15) is 0 Å². The van der Waals surface area contributed by atoms with Gasteiger partial charge in [-0.1, -0.05) is 13.8 Å². The van der Waals surface area contributed by atoms with Gasteiger partial charge in [0.15, 0.2) is 0 Å². The molecular formula is C12H17NO2. The van der Waals surface area contributed by atoms with Crippen LogP contribution in [-0.4, -0.2) is 18.2 Å². The van der Waals surface area contributed by atoms with Crippen LogP contribution in [0.2, 0.25) is 0 Å². The van der Waals surface area contributed by atoms with Crippen LogP contribution < -0.4 is 9.47 Å². The second-order valence-corrected chi connectivity index (χ2v) is 4.21. The van der Waals surface area contributed by atoms with Crippen molar-refractivity contribution in [2.75, 3.05) is 7.11 Å². The van der Waals surface area contributed by atoms with E-state index in [0.29, 0.717) is 17.9 Å². The Morgan fingerprint density at radius 1 is 1.33 bits per heavy atom. The molecule has 0 aromatic carbocycles. The summed E-state index contributed by atoms with van der Waals surface area (Å²) in [6.45, 7) is 4.23. The SMILES string of the molecule is COc1ccc(OC2CC2)c(C(C)C)n1. The molecule has 1 aliphatic rings. The van der Waals surface area contributed by atoms with Crippen molar-refractivity contribution in [3.63, 3.8) is 0 Å². The van der Waals surface area contributed by atoms with E-state index < -0.39 is 0 Å². The molecule has 1 aromatic heterocycles. The Morgan fingerprint density at radius 2 is 2.07 bits per heavy atom. The molecular weight excluding hydrogens is 190 g/mol. The summed E-state index contributed by atoms with van der Waals surface area (Å²) in [6, 6.07) is 3.81. The predicted octanol–water partition coefficient (Wildman–Crippen LogP) is 2.75. The number of rotatable bonds is 4. The lowest BCUT2D eigenvalue weighted by molar-refractivity contribution is 0.294. The van der Waals surface area contributed by atoms with Crippen LogP contribution in [0.4, 0.5) is 0 Å². The van der Waals surface area contributed by atoms with Crippen LogP contribution in [0.15, 0.2) is 12.1 Å². The van der Waals surface area contributed by atoms with Crippen molar-refractivity contribution in [2.24, 2.45) is 0 Å². The number of pyridine rings is 1. The average molecular weight is 207 g/mol. The maximum atomic E-state index is 5.80. The largest absolute Gasteiger partial charge is 0.489 e. The van der Waals surface area contributed by atoms with Crippen LogP contribution in [0.5, 0.6) is 11.6 Å². The zero-order chi connectivity index (χ0) is 10.8. The Morgan fingerprint density at radius 3 is 2.60 bits per heavy atom. The third kappa shape index (κ3) is 2.41. The van der Waals surface area contributed by atoms with Crippen LogP contribution in [0.3, 0.4) is 0 Å². The third-order valence-electron chi connectivity index (χ3n) is 2.43. The zero-order valence-corrected chi connectivity index (χ0v) is 9.49. The summed E-state index contributed by atoms with van der Waals surface area (Å²) in [5.74, 6) is 1.92. The summed E-state index contributed by atoms with van der Waals surface area (Å²) in [4.78, 5) is 4.42. The monoisotopic (exact) mass is 207 g/mol. The van der Waals surface area contributed by atoms with E-state index in [2.05, 4.69) is 18.8 Å². The number of hydrogen-bond acceptors (Lipinski definition) is 3. The molecule has 1 aromatic rings. The van der Waals surface area contributed by atoms with Gasteiger partial charge in [0.05, 0.1) is 18.9 Å². The van der Waals surface area contributed by atoms with Gasteiger partial charge >= 0.3 is 0 Å². The van der Waals surface area contributed by atoms with E-state index in [1.807, 2.05) is 12.1 Å². The van der Waals surface area contributed by atoms with E-state index in [0.717, 1.165) is 11.4 Å². The molecule has 0 saturated heterocycles. The molecule has 2 rings (SSSR count). The summed E-state index contributed by atoms with van der Waals surface area (Å²) < 4.78 is 10.9. The van der Waals surface area contributed by atoms with Gasteiger partial charge < -0.3 is 9.47 Å². The van der Waals surface area contributed by atoms with Crippen molar-refractivity contribution < 1.29 is 9.47 Å². The maximum absolute atomic E-state index is 5.80. The zero-order valence-electron chi connectivity index (χ0n) is 9.49. The molecule has 0 aliphatic heterocycles. The fourth-order valence-electron chi connectivity index (χ4n) is 1.44. The number of hydrogen-bond donors (Lipinski definition) is 0. The molecule has 0 amide bonds. The number of methoxy groups -OCH3 is 1. The Balaban J connectivity index is 2.25. The van der Waals surface area contributed by atoms with Crippen molar-refractivity contribution in [1.29, 1.82) is 0 Å². The molecule has 82 valence electrons. The normalized spacial score (nSPS) is 15.5. The minimum absolute atomic E-state index is 0.355. The van der Waals surface area contributed by atoms with Crippen molar-refractivity contribution in [3.8, 4) is 11.6 Å². The lowest BCUT2D eigenvalue weighted by Crippen LogP contribution is -2.04. The molecule has 1 saturated carbocycles. The lowest BCUT2D eigenvalue weighted by atomic mass is 10.1. The summed E-state index contributed by atoms with van der Waals surface area (Å²) in [5, 5.41) is 0. The second-order valence-electron chi connectivity index (χ2n) is 4.21. The van der Waals surface area contributed by atoms with Crippen LogP contribution in [0.25, 0.3) is 0 Å². The minimum atomic E-state index is 0.355. The number of ether oxygens (including phenoxy) is 2. The summed E-state index contributed by atoms with van der Waals surface area (Å²) in [6.07, 6.45) is 2.75. The molecule has 1 heterocycles. The summed E-state index contributed by atoms with van der Waals surface area (Å²) >= 11 is 0. The highest BCUT2D eigenvalue weighted by Crippen LogP contribution is 2.32. The van der Waals surface area contributed by atoms with Gasteiger partial charge in [0, 0.05) is 6.07 Å². The molecule has 0 bridgehead atoms. The van der Waals surface area contributed by atoms with Crippen LogP contribution in [-0.2, 0) is 0 Å². The van der Waals surface area contributed by atoms with Gasteiger partial charge in [-0.25, -0.2) is 4.98 Å². The van der Waals surface area contributed by atoms with Crippen LogP contribution >= 0.6 is 0 Å². The quantitative estimate of drug-likeness (QED) is 0.760. The van der Waals surface area contributed by atoms with Gasteiger partial charge in [-0.3, -0.25) is 0 Å². The van der Waals surface area contributed by atoms with E-state index in [4.69, 9.17) is 9.47 Å². The van der Waals surface area contributed by atoms with Crippen molar-refractivity contribution >= 4 is 0 Å². The van der Waals surface area contributed by atoms with Crippen molar-refractivity contribution in [1.82, 2.24) is 4.98 Å². The first-order valence-corrected chi connectivity index (χ1v) is 5.42. The highest BCUT2D eigenvalue weighted by atomic mass is 16.5. The maximum Gasteiger partial charge on any atom is 0.213 e. The number of aromatic nitrogens is 1. The van der Waals surface area contributed by atoms with Gasteiger partial charge in [-0.05, 0) is 24.8 Å². The molecule has 0 atom stereocenters. The highest BCUT2D eigenvalue weighted by Gasteiger charge is 2.25. The smallest absolute Gasteiger partial charge is 0.213 e. The summed E-state index contributed by atoms with van der Waals surface area (Å²) in [7, 11) is 1.63. The van der Waals surface area contributed by atoms with E-state index in [1.54, 1.807) is 7.11 Å². The fourth-order valence-corrected chi connectivity index (χ4v) is 1.44. The lowest BCUT2D eigenvalue weighted by Gasteiger charge is -2.13. The average Bonchev–Trinajstić information content (AvgIpc) is 3.02. The van der Waals surface area contributed by atoms with Crippen LogP contribution in [0.1, 0.15) is 38.3 Å². The molecule has 0 spiro atoms. The molecule has 1 aliphatic carbocycles. The van der Waals surface area contributed by atoms with Crippen molar-refractivity contribution in [3.05, 3.63) is 17.8 Å². The van der Waals surface area contributed by atoms with Crippen LogP contribution in [0, 0.1) is 0 Å². The molecule has 1 fully saturated rings. The van der Waals surface area contributed by atoms with Crippen molar-refractivity contribution in [2.45, 2.75) is 38.7 Å². The van der Waals surface area contributed by atoms with Gasteiger partial charge in [0.1, 0.15) is 5.75 Å². The van der Waals surface area contributed by atoms with E-state index in [1.165, 1.54) is 12.8 Å². The highest BCUT2D eigenvalue weighted by molar-refractivity contribution is 5.34. The van der Waals surface area contributed by atoms with Gasteiger partial charge in [0.2, 0.25) is 5.88 Å². The van der Waals surface area contributed by atoms with Gasteiger partial charge in [0.25, 0.3) is 0 Å². The van der Waals surface area contributed by atoms with Gasteiger partial charge in [-0.2, -0.15) is 0 Å². The predicted molar refractivity (Wildman–Crippen MR) is 58.5 cm³/mol. The molecule has 0 radical (unpaired) electrons. The first-order chi connectivity index (χ1) is 7.20. The van der Waals surface area contributed by atoms with E-state index in [-0.39, 0.29) is 0 Å². The molecule has 0 N–H and O–H groups in total. The fraction of sp³-hybridized carbons (Fsp3) is 0.583. The Bertz CT molecular complexity index is 345. The third-order valence-corrected chi connectivity index (χ3v) is 2.43. The molecule has 0 unspecified atom stereocenters. The molecule has 3 heteroatoms. The first-order valence-electron chi connectivity index (χ1n) is 5.42. The first kappa shape index (κ1) is 10.3. The Kier molecular flexibility index (Phi) is 2.80. The number of nitrogens with zero attached hydrogens (tertiary/aromatic N) is 1. The Hall–Kier alpha value is -1.25. The standard InChI is InChI=1S/C12H17NO2/c1-8(2)12-10(15-9-4-5-9)6-7-11(13-12)14-3/h6-9H,4-5H2,1-3H3. The topological polar surface area (TPSA) is 31.4 Å². The molecule has 15 heavy (non-hydrogen) atoms. The summed E-state index contributed by atoms with van der Waals surface area (Å²) in [5.41, 5.74) is 0.987. The molecule has 3 nitrogen and oxygen atoms in total. The van der Waals surface area contributed by atoms with Gasteiger partial charge in [-0.15, -0.1) is 0 Å². The van der Waals surface area contributed by atoms with E-state index >= 15 is 0 Å². The minimum Gasteiger partial charge on any atom is -0.489 e. The Labute approximate surface area is 90.4 Å². The second kappa shape index (κ2) is 4.09.